The Balaban J connectivity index is 1.57. The summed E-state index contributed by atoms with van der Waals surface area (Å²) in [7, 11) is 1.60. The summed E-state index contributed by atoms with van der Waals surface area (Å²) < 4.78 is 7.00. The van der Waals surface area contributed by atoms with E-state index in [9.17, 15) is 4.79 Å². The molecule has 21 heavy (non-hydrogen) atoms. The molecule has 6 nitrogen and oxygen atoms in total. The topological polar surface area (TPSA) is 68.5 Å². The highest BCUT2D eigenvalue weighted by molar-refractivity contribution is 7.15. The first-order chi connectivity index (χ1) is 10.3. The van der Waals surface area contributed by atoms with Gasteiger partial charge in [0.15, 0.2) is 0 Å². The standard InChI is InChI=1S/C14H14N4O2S/c1-20-12-4-2-10(3-5-12)13(19)15-7-6-11-8-21-14-17-16-9-18(11)14/h2-5,8-9H,6-7H2,1H3,(H,15,19). The van der Waals surface area contributed by atoms with E-state index in [1.54, 1.807) is 49.0 Å². The number of nitrogens with zero attached hydrogens (tertiary/aromatic N) is 3. The lowest BCUT2D eigenvalue weighted by molar-refractivity contribution is 0.0954. The number of hydrogen-bond acceptors (Lipinski definition) is 5. The summed E-state index contributed by atoms with van der Waals surface area (Å²) in [5.74, 6) is 0.646. The third kappa shape index (κ3) is 2.87. The summed E-state index contributed by atoms with van der Waals surface area (Å²) in [5, 5.41) is 12.8. The second kappa shape index (κ2) is 5.92. The Morgan fingerprint density at radius 2 is 2.19 bits per heavy atom. The van der Waals surface area contributed by atoms with Gasteiger partial charge in [0.25, 0.3) is 5.91 Å². The minimum atomic E-state index is -0.0899. The third-order valence-electron chi connectivity index (χ3n) is 3.15. The monoisotopic (exact) mass is 302 g/mol. The van der Waals surface area contributed by atoms with E-state index in [1.807, 2.05) is 9.78 Å². The number of fused-ring (bicyclic) bond motifs is 1. The van der Waals surface area contributed by atoms with Crippen molar-refractivity contribution in [1.29, 1.82) is 0 Å². The summed E-state index contributed by atoms with van der Waals surface area (Å²) in [6.07, 6.45) is 2.42. The van der Waals surface area contributed by atoms with Crippen LogP contribution >= 0.6 is 11.3 Å². The predicted molar refractivity (Wildman–Crippen MR) is 79.9 cm³/mol. The van der Waals surface area contributed by atoms with Crippen molar-refractivity contribution in [2.45, 2.75) is 6.42 Å². The lowest BCUT2D eigenvalue weighted by Gasteiger charge is -2.05. The van der Waals surface area contributed by atoms with Crippen molar-refractivity contribution < 1.29 is 9.53 Å². The normalized spacial score (nSPS) is 10.7. The molecule has 1 aromatic carbocycles. The number of rotatable bonds is 5. The van der Waals surface area contributed by atoms with E-state index >= 15 is 0 Å². The van der Waals surface area contributed by atoms with Crippen LogP contribution in [-0.4, -0.2) is 34.2 Å². The van der Waals surface area contributed by atoms with Gasteiger partial charge in [-0.1, -0.05) is 0 Å². The molecule has 0 spiro atoms. The number of benzene rings is 1. The number of thiazole rings is 1. The molecule has 3 aromatic rings. The summed E-state index contributed by atoms with van der Waals surface area (Å²) in [6.45, 7) is 0.564. The molecular formula is C14H14N4O2S. The number of aromatic nitrogens is 3. The highest BCUT2D eigenvalue weighted by Gasteiger charge is 2.07. The van der Waals surface area contributed by atoms with Crippen LogP contribution in [0.1, 0.15) is 16.1 Å². The van der Waals surface area contributed by atoms with Gasteiger partial charge in [-0.2, -0.15) is 0 Å². The molecule has 108 valence electrons. The number of amides is 1. The Morgan fingerprint density at radius 3 is 2.95 bits per heavy atom. The number of methoxy groups -OCH3 is 1. The van der Waals surface area contributed by atoms with Crippen molar-refractivity contribution >= 4 is 22.2 Å². The Bertz CT molecular complexity index is 748. The van der Waals surface area contributed by atoms with Crippen LogP contribution in [-0.2, 0) is 6.42 Å². The minimum absolute atomic E-state index is 0.0899. The molecule has 0 atom stereocenters. The maximum Gasteiger partial charge on any atom is 0.251 e. The molecule has 2 aromatic heterocycles. The van der Waals surface area contributed by atoms with Gasteiger partial charge in [0.2, 0.25) is 4.96 Å². The first-order valence-corrected chi connectivity index (χ1v) is 7.34. The Labute approximate surface area is 125 Å². The molecular weight excluding hydrogens is 288 g/mol. The molecule has 0 bridgehead atoms. The van der Waals surface area contributed by atoms with Gasteiger partial charge in [0, 0.05) is 29.6 Å². The predicted octanol–water partition coefficient (Wildman–Crippen LogP) is 1.77. The first-order valence-electron chi connectivity index (χ1n) is 6.46. The Morgan fingerprint density at radius 1 is 1.38 bits per heavy atom. The zero-order valence-corrected chi connectivity index (χ0v) is 12.3. The third-order valence-corrected chi connectivity index (χ3v) is 4.02. The van der Waals surface area contributed by atoms with Gasteiger partial charge in [0.1, 0.15) is 12.1 Å². The van der Waals surface area contributed by atoms with E-state index < -0.39 is 0 Å². The van der Waals surface area contributed by atoms with Gasteiger partial charge < -0.3 is 10.1 Å². The van der Waals surface area contributed by atoms with Crippen molar-refractivity contribution in [1.82, 2.24) is 19.9 Å². The molecule has 0 fully saturated rings. The quantitative estimate of drug-likeness (QED) is 0.780. The summed E-state index contributed by atoms with van der Waals surface area (Å²) in [5.41, 5.74) is 1.71. The van der Waals surface area contributed by atoms with E-state index in [0.717, 1.165) is 22.8 Å². The van der Waals surface area contributed by atoms with Crippen LogP contribution in [0.2, 0.25) is 0 Å². The molecule has 0 saturated heterocycles. The second-order valence-electron chi connectivity index (χ2n) is 4.44. The zero-order valence-electron chi connectivity index (χ0n) is 11.4. The molecule has 7 heteroatoms. The largest absolute Gasteiger partial charge is 0.497 e. The fraction of sp³-hybridized carbons (Fsp3) is 0.214. The van der Waals surface area contributed by atoms with Crippen LogP contribution in [0.4, 0.5) is 0 Å². The fourth-order valence-corrected chi connectivity index (χ4v) is 2.85. The summed E-state index contributed by atoms with van der Waals surface area (Å²) in [6, 6.07) is 7.04. The summed E-state index contributed by atoms with van der Waals surface area (Å²) >= 11 is 1.54. The van der Waals surface area contributed by atoms with E-state index in [0.29, 0.717) is 12.1 Å². The highest BCUT2D eigenvalue weighted by Crippen LogP contribution is 2.14. The van der Waals surface area contributed by atoms with Crippen molar-refractivity contribution in [3.05, 3.63) is 47.2 Å². The molecule has 0 aliphatic rings. The van der Waals surface area contributed by atoms with Crippen molar-refractivity contribution in [3.63, 3.8) is 0 Å². The van der Waals surface area contributed by atoms with Crippen molar-refractivity contribution in [2.24, 2.45) is 0 Å². The molecule has 2 heterocycles. The van der Waals surface area contributed by atoms with Crippen LogP contribution in [0.15, 0.2) is 36.0 Å². The molecule has 0 radical (unpaired) electrons. The van der Waals surface area contributed by atoms with Gasteiger partial charge in [-0.3, -0.25) is 9.20 Å². The number of carbonyl (C=O) groups excluding carboxylic acids is 1. The molecule has 0 aliphatic heterocycles. The van der Waals surface area contributed by atoms with Crippen molar-refractivity contribution in [3.8, 4) is 5.75 Å². The molecule has 3 rings (SSSR count). The van der Waals surface area contributed by atoms with Crippen LogP contribution in [0, 0.1) is 0 Å². The number of nitrogens with one attached hydrogen (secondary N) is 1. The van der Waals surface area contributed by atoms with E-state index in [4.69, 9.17) is 4.74 Å². The molecule has 0 aliphatic carbocycles. The highest BCUT2D eigenvalue weighted by atomic mass is 32.1. The average Bonchev–Trinajstić information content (AvgIpc) is 3.12. The minimum Gasteiger partial charge on any atom is -0.497 e. The number of ether oxygens (including phenoxy) is 1. The lowest BCUT2D eigenvalue weighted by atomic mass is 10.2. The summed E-state index contributed by atoms with van der Waals surface area (Å²) in [4.78, 5) is 12.9. The van der Waals surface area contributed by atoms with Gasteiger partial charge in [-0.05, 0) is 24.3 Å². The van der Waals surface area contributed by atoms with Gasteiger partial charge >= 0.3 is 0 Å². The zero-order chi connectivity index (χ0) is 14.7. The maximum atomic E-state index is 12.0. The first kappa shape index (κ1) is 13.6. The fourth-order valence-electron chi connectivity index (χ4n) is 2.01. The molecule has 1 N–H and O–H groups in total. The van der Waals surface area contributed by atoms with Crippen LogP contribution in [0.25, 0.3) is 4.96 Å². The lowest BCUT2D eigenvalue weighted by Crippen LogP contribution is -2.25. The maximum absolute atomic E-state index is 12.0. The number of hydrogen-bond donors (Lipinski definition) is 1. The van der Waals surface area contributed by atoms with Crippen LogP contribution in [0.3, 0.4) is 0 Å². The van der Waals surface area contributed by atoms with E-state index in [1.165, 1.54) is 0 Å². The Hall–Kier alpha value is -2.41. The smallest absolute Gasteiger partial charge is 0.251 e. The van der Waals surface area contributed by atoms with Crippen LogP contribution in [0.5, 0.6) is 5.75 Å². The molecule has 0 unspecified atom stereocenters. The Kier molecular flexibility index (Phi) is 3.83. The van der Waals surface area contributed by atoms with Crippen molar-refractivity contribution in [2.75, 3.05) is 13.7 Å². The molecule has 0 saturated carbocycles. The van der Waals surface area contributed by atoms with Gasteiger partial charge in [-0.15, -0.1) is 21.5 Å². The number of carbonyl (C=O) groups is 1. The second-order valence-corrected chi connectivity index (χ2v) is 5.28. The van der Waals surface area contributed by atoms with Crippen LogP contribution < -0.4 is 10.1 Å². The SMILES string of the molecule is COc1ccc(C(=O)NCCc2csc3nncn23)cc1. The van der Waals surface area contributed by atoms with E-state index in [2.05, 4.69) is 15.5 Å². The van der Waals surface area contributed by atoms with Gasteiger partial charge in [0.05, 0.1) is 7.11 Å². The van der Waals surface area contributed by atoms with E-state index in [-0.39, 0.29) is 5.91 Å². The average molecular weight is 302 g/mol. The molecule has 1 amide bonds. The van der Waals surface area contributed by atoms with Gasteiger partial charge in [-0.25, -0.2) is 0 Å².